The van der Waals surface area contributed by atoms with Gasteiger partial charge in [0.2, 0.25) is 0 Å². The van der Waals surface area contributed by atoms with Crippen molar-refractivity contribution in [2.24, 2.45) is 0 Å². The highest BCUT2D eigenvalue weighted by Crippen LogP contribution is 2.22. The van der Waals surface area contributed by atoms with Gasteiger partial charge in [-0.3, -0.25) is 4.90 Å². The predicted octanol–water partition coefficient (Wildman–Crippen LogP) is 1.19. The van der Waals surface area contributed by atoms with Gasteiger partial charge in [0, 0.05) is 29.8 Å². The summed E-state index contributed by atoms with van der Waals surface area (Å²) in [5.74, 6) is 0. The Bertz CT molecular complexity index is 871. The molecule has 1 saturated heterocycles. The van der Waals surface area contributed by atoms with E-state index < -0.39 is 24.4 Å². The normalized spacial score (nSPS) is 24.8. The number of aliphatic hydroxyl groups is 4. The Morgan fingerprint density at radius 2 is 1.76 bits per heavy atom. The Morgan fingerprint density at radius 1 is 1.07 bits per heavy atom. The number of piperidine rings is 1. The molecule has 3 rings (SSSR count). The molecule has 2 aromatic rings. The van der Waals surface area contributed by atoms with Gasteiger partial charge in [0.25, 0.3) is 0 Å². The fourth-order valence-corrected chi connectivity index (χ4v) is 4.01. The summed E-state index contributed by atoms with van der Waals surface area (Å²) in [5.41, 5.74) is 3.45. The van der Waals surface area contributed by atoms with Gasteiger partial charge in [-0.25, -0.2) is 0 Å². The van der Waals surface area contributed by atoms with E-state index in [1.807, 2.05) is 30.3 Å². The van der Waals surface area contributed by atoms with Crippen molar-refractivity contribution in [3.63, 3.8) is 0 Å². The summed E-state index contributed by atoms with van der Waals surface area (Å²) in [6.45, 7) is 0.909. The molecule has 5 N–H and O–H groups in total. The predicted molar refractivity (Wildman–Crippen MR) is 112 cm³/mol. The molecule has 0 bridgehead atoms. The Balaban J connectivity index is 1.61. The average Bonchev–Trinajstić information content (AvgIpc) is 2.71. The minimum absolute atomic E-state index is 0.177. The lowest BCUT2D eigenvalue weighted by Gasteiger charge is -2.43. The first kappa shape index (κ1) is 21.7. The third-order valence-corrected chi connectivity index (χ3v) is 5.61. The van der Waals surface area contributed by atoms with Gasteiger partial charge >= 0.3 is 0 Å². The number of nitrogens with one attached hydrogen (secondary N) is 1. The van der Waals surface area contributed by atoms with E-state index in [-0.39, 0.29) is 13.2 Å². The topological polar surface area (TPSA) is 120 Å². The van der Waals surface area contributed by atoms with Crippen LogP contribution in [-0.4, -0.2) is 62.8 Å². The highest BCUT2D eigenvalue weighted by molar-refractivity contribution is 9.10. The lowest BCUT2D eigenvalue weighted by Crippen LogP contribution is -2.62. The first-order valence-corrected chi connectivity index (χ1v) is 10.1. The molecule has 1 aliphatic heterocycles. The van der Waals surface area contributed by atoms with Gasteiger partial charge in [-0.05, 0) is 29.3 Å². The van der Waals surface area contributed by atoms with E-state index in [1.165, 1.54) is 0 Å². The van der Waals surface area contributed by atoms with Crippen molar-refractivity contribution < 1.29 is 20.4 Å². The molecule has 0 saturated carbocycles. The van der Waals surface area contributed by atoms with Crippen LogP contribution in [0.15, 0.2) is 46.9 Å². The summed E-state index contributed by atoms with van der Waals surface area (Å²) in [6.07, 6.45) is -3.51. The number of rotatable bonds is 6. The highest BCUT2D eigenvalue weighted by Gasteiger charge is 2.40. The largest absolute Gasteiger partial charge is 0.395 e. The number of anilines is 1. The van der Waals surface area contributed by atoms with Gasteiger partial charge in [0.15, 0.2) is 0 Å². The van der Waals surface area contributed by atoms with Crippen LogP contribution >= 0.6 is 15.9 Å². The quantitative estimate of drug-likeness (QED) is 0.438. The van der Waals surface area contributed by atoms with Crippen molar-refractivity contribution >= 4 is 21.6 Å². The van der Waals surface area contributed by atoms with Gasteiger partial charge < -0.3 is 25.7 Å². The van der Waals surface area contributed by atoms with Crippen molar-refractivity contribution in [1.82, 2.24) is 4.90 Å². The molecule has 4 atom stereocenters. The molecule has 8 heteroatoms. The average molecular weight is 462 g/mol. The van der Waals surface area contributed by atoms with Crippen molar-refractivity contribution in [3.8, 4) is 6.07 Å². The van der Waals surface area contributed by atoms with E-state index >= 15 is 0 Å². The minimum atomic E-state index is -1.25. The lowest BCUT2D eigenvalue weighted by molar-refractivity contribution is -0.147. The second kappa shape index (κ2) is 9.67. The zero-order valence-electron chi connectivity index (χ0n) is 15.7. The standard InChI is InChI=1S/C21H24BrN3O4/c22-16-5-15(8-23)6-17(7-16)24-9-13-1-3-14(4-2-13)10-25-11-19(27)21(29)20(28)18(25)12-26/h1-7,18-21,24,26-29H,9-12H2/t18-,19+,20-,21-/m1/s1. The summed E-state index contributed by atoms with van der Waals surface area (Å²) < 4.78 is 0.837. The monoisotopic (exact) mass is 461 g/mol. The van der Waals surface area contributed by atoms with Gasteiger partial charge in [-0.15, -0.1) is 0 Å². The van der Waals surface area contributed by atoms with Crippen LogP contribution < -0.4 is 5.32 Å². The maximum atomic E-state index is 10.1. The molecule has 1 heterocycles. The minimum Gasteiger partial charge on any atom is -0.395 e. The summed E-state index contributed by atoms with van der Waals surface area (Å²) in [4.78, 5) is 1.78. The van der Waals surface area contributed by atoms with Crippen molar-refractivity contribution in [2.75, 3.05) is 18.5 Å². The van der Waals surface area contributed by atoms with Crippen molar-refractivity contribution in [1.29, 1.82) is 5.26 Å². The molecule has 0 aromatic heterocycles. The van der Waals surface area contributed by atoms with Crippen molar-refractivity contribution in [2.45, 2.75) is 37.4 Å². The van der Waals surface area contributed by atoms with E-state index in [2.05, 4.69) is 27.3 Å². The van der Waals surface area contributed by atoms with Crippen LogP contribution in [0.1, 0.15) is 16.7 Å². The van der Waals surface area contributed by atoms with Crippen LogP contribution in [0.2, 0.25) is 0 Å². The smallest absolute Gasteiger partial charge is 0.109 e. The summed E-state index contributed by atoms with van der Waals surface area (Å²) in [5, 5.41) is 51.7. The van der Waals surface area contributed by atoms with Crippen LogP contribution in [0, 0.1) is 11.3 Å². The SMILES string of the molecule is N#Cc1cc(Br)cc(NCc2ccc(CN3C[C@H](O)[C@@H](O)[C@H](O)[C@H]3CO)cc2)c1. The van der Waals surface area contributed by atoms with Crippen LogP contribution in [-0.2, 0) is 13.1 Å². The van der Waals surface area contributed by atoms with Gasteiger partial charge in [0.05, 0.1) is 30.4 Å². The lowest BCUT2D eigenvalue weighted by atomic mass is 9.93. The summed E-state index contributed by atoms with van der Waals surface area (Å²) in [7, 11) is 0. The van der Waals surface area contributed by atoms with Crippen LogP contribution in [0.3, 0.4) is 0 Å². The molecular formula is C21H24BrN3O4. The van der Waals surface area contributed by atoms with Gasteiger partial charge in [0.1, 0.15) is 12.2 Å². The van der Waals surface area contributed by atoms with E-state index in [9.17, 15) is 20.4 Å². The van der Waals surface area contributed by atoms with Crippen molar-refractivity contribution in [3.05, 3.63) is 63.6 Å². The number of nitriles is 1. The Labute approximate surface area is 178 Å². The maximum Gasteiger partial charge on any atom is 0.109 e. The van der Waals surface area contributed by atoms with Gasteiger partial charge in [-0.2, -0.15) is 5.26 Å². The fraction of sp³-hybridized carbons (Fsp3) is 0.381. The number of β-amino-alcohol motifs (C(OH)–C–C–N with tert-alkyl or cyclic N) is 1. The molecule has 2 aromatic carbocycles. The third-order valence-electron chi connectivity index (χ3n) is 5.15. The van der Waals surface area contributed by atoms with Crippen LogP contribution in [0.5, 0.6) is 0 Å². The molecule has 1 fully saturated rings. The summed E-state index contributed by atoms with van der Waals surface area (Å²) >= 11 is 3.39. The zero-order valence-corrected chi connectivity index (χ0v) is 17.3. The molecule has 0 radical (unpaired) electrons. The van der Waals surface area contributed by atoms with E-state index in [0.717, 1.165) is 21.3 Å². The second-order valence-corrected chi connectivity index (χ2v) is 8.15. The molecule has 1 aliphatic rings. The number of likely N-dealkylation sites (tertiary alicyclic amines) is 1. The number of benzene rings is 2. The molecule has 0 spiro atoms. The number of halogens is 1. The number of nitrogens with zero attached hydrogens (tertiary/aromatic N) is 2. The molecule has 0 aliphatic carbocycles. The zero-order chi connectivity index (χ0) is 21.0. The van der Waals surface area contributed by atoms with E-state index in [1.54, 1.807) is 17.0 Å². The van der Waals surface area contributed by atoms with E-state index in [4.69, 9.17) is 5.26 Å². The van der Waals surface area contributed by atoms with Crippen LogP contribution in [0.25, 0.3) is 0 Å². The van der Waals surface area contributed by atoms with E-state index in [0.29, 0.717) is 18.7 Å². The molecule has 0 unspecified atom stereocenters. The molecule has 7 nitrogen and oxygen atoms in total. The number of aliphatic hydroxyl groups excluding tert-OH is 4. The molecule has 29 heavy (non-hydrogen) atoms. The van der Waals surface area contributed by atoms with Gasteiger partial charge in [-0.1, -0.05) is 40.2 Å². The fourth-order valence-electron chi connectivity index (χ4n) is 3.52. The van der Waals surface area contributed by atoms with Crippen LogP contribution in [0.4, 0.5) is 5.69 Å². The Morgan fingerprint density at radius 3 is 2.41 bits per heavy atom. The Hall–Kier alpha value is -1.99. The molecule has 0 amide bonds. The number of hydrogen-bond donors (Lipinski definition) is 5. The maximum absolute atomic E-state index is 10.1. The summed E-state index contributed by atoms with van der Waals surface area (Å²) in [6, 6.07) is 14.8. The first-order valence-electron chi connectivity index (χ1n) is 9.32. The second-order valence-electron chi connectivity index (χ2n) is 7.24. The highest BCUT2D eigenvalue weighted by atomic mass is 79.9. The molecular weight excluding hydrogens is 438 g/mol. The third kappa shape index (κ3) is 5.34. The first-order chi connectivity index (χ1) is 13.9. The Kier molecular flexibility index (Phi) is 7.24. The number of hydrogen-bond acceptors (Lipinski definition) is 7. The molecule has 154 valence electrons.